The van der Waals surface area contributed by atoms with Crippen molar-refractivity contribution in [2.45, 2.75) is 154 Å². The van der Waals surface area contributed by atoms with Crippen LogP contribution < -0.4 is 59.8 Å². The van der Waals surface area contributed by atoms with Gasteiger partial charge in [0.05, 0.1) is 43.8 Å². The van der Waals surface area contributed by atoms with E-state index in [1.54, 1.807) is 0 Å². The number of fused-ring (bicyclic) bond motifs is 4. The molecule has 0 aliphatic carbocycles. The third-order valence-corrected chi connectivity index (χ3v) is 41.1. The van der Waals surface area contributed by atoms with Crippen LogP contribution in [0.25, 0.3) is 99.2 Å². The van der Waals surface area contributed by atoms with Crippen molar-refractivity contribution in [1.29, 1.82) is 0 Å². The quantitative estimate of drug-likeness (QED) is 0.0743. The first-order chi connectivity index (χ1) is 62.6. The highest BCUT2D eigenvalue weighted by Crippen LogP contribution is 2.38. The van der Waals surface area contributed by atoms with Gasteiger partial charge in [-0.25, -0.2) is 13.7 Å². The summed E-state index contributed by atoms with van der Waals surface area (Å²) in [6.45, 7) is 41.2. The Kier molecular flexibility index (Phi) is 23.4. The van der Waals surface area contributed by atoms with Gasteiger partial charge in [0.2, 0.25) is 22.8 Å². The lowest BCUT2D eigenvalue weighted by Crippen LogP contribution is -2.52. The standard InChI is InChI=1S/C31H31N2Si.2C29H34NSi.C27H30NSi/c1-22-13-14-24(25-10-9-17-32-21-25)20-30(22)31-29-16-15-28(19-26(29)18-23(2)33(31)3)34(4,5)27-11-7-6-8-12-27;2*1-20(2)24-17-21(3)22(4)28(19-24)29-27-14-13-26(18-23(27)15-16-30(29)5)31(6,7)25-11-9-8-10-12-25;1-19-16-20(2)21(3)26(17-19)27-25-13-12-24(18-22(25)14-15-28(27)4)29(5,6)23-10-8-7-9-11-23/h6-21H,1-5H3;2*8-20H,1-7H3;7-18H,1-6H3/q4*+1/i;1D3,16D,20D;16D,20D;15D. The van der Waals surface area contributed by atoms with Gasteiger partial charge in [0, 0.05) is 56.0 Å². The number of hydrogen-bond acceptors (Lipinski definition) is 1. The Bertz CT molecular complexity index is 7300. The number of hydrogen-bond donors (Lipinski definition) is 0. The van der Waals surface area contributed by atoms with E-state index >= 15 is 0 Å². The van der Waals surface area contributed by atoms with Gasteiger partial charge in [0.25, 0.3) is 0 Å². The first-order valence-corrected chi connectivity index (χ1v) is 55.9. The van der Waals surface area contributed by atoms with E-state index in [-0.39, 0.29) is 0 Å². The second-order valence-corrected chi connectivity index (χ2v) is 54.6. The van der Waals surface area contributed by atoms with Crippen LogP contribution in [0.5, 0.6) is 0 Å². The van der Waals surface area contributed by atoms with Crippen LogP contribution in [0.3, 0.4) is 0 Å². The molecule has 1 atom stereocenters. The zero-order valence-electron chi connectivity index (χ0n) is 86.0. The van der Waals surface area contributed by atoms with E-state index < -0.39 is 50.9 Å². The van der Waals surface area contributed by atoms with Gasteiger partial charge in [-0.05, 0) is 199 Å². The minimum absolute atomic E-state index is 0.376. The molecule has 0 aliphatic heterocycles. The van der Waals surface area contributed by atoms with Crippen LogP contribution in [-0.2, 0) is 28.2 Å². The number of benzene rings is 12. The molecule has 17 rings (SSSR count). The predicted octanol–water partition coefficient (Wildman–Crippen LogP) is 22.7. The summed E-state index contributed by atoms with van der Waals surface area (Å²) in [5.74, 6) is -2.43. The summed E-state index contributed by atoms with van der Waals surface area (Å²) in [6.07, 6.45) is 5.16. The lowest BCUT2D eigenvalue weighted by molar-refractivity contribution is -0.665. The molecule has 0 N–H and O–H groups in total. The van der Waals surface area contributed by atoms with Crippen molar-refractivity contribution in [3.63, 3.8) is 0 Å². The van der Waals surface area contributed by atoms with Crippen molar-refractivity contribution < 1.29 is 29.2 Å². The Morgan fingerprint density at radius 1 is 0.304 bits per heavy atom. The molecule has 17 aromatic rings. The van der Waals surface area contributed by atoms with Crippen molar-refractivity contribution in [2.75, 3.05) is 0 Å². The largest absolute Gasteiger partial charge is 0.264 e. The van der Waals surface area contributed by atoms with Crippen LogP contribution >= 0.6 is 0 Å². The van der Waals surface area contributed by atoms with E-state index in [1.807, 2.05) is 117 Å². The zero-order chi connectivity index (χ0) is 96.3. The number of rotatable bonds is 15. The van der Waals surface area contributed by atoms with E-state index in [1.165, 1.54) is 126 Å². The summed E-state index contributed by atoms with van der Waals surface area (Å²) in [7, 11) is 0.677. The van der Waals surface area contributed by atoms with Gasteiger partial charge in [-0.2, -0.15) is 4.57 Å². The summed E-state index contributed by atoms with van der Waals surface area (Å²) in [6, 6.07) is 102. The summed E-state index contributed by atoms with van der Waals surface area (Å²) in [4.78, 5) is 4.32. The van der Waals surface area contributed by atoms with Crippen LogP contribution in [0.15, 0.2) is 316 Å². The van der Waals surface area contributed by atoms with Crippen molar-refractivity contribution in [3.8, 4) is 56.2 Å². The van der Waals surface area contributed by atoms with Crippen LogP contribution in [0.1, 0.15) is 112 Å². The van der Waals surface area contributed by atoms with Gasteiger partial charge in [-0.15, -0.1) is 0 Å². The average molecular weight is 1710 g/mol. The smallest absolute Gasteiger partial charge is 0.220 e. The van der Waals surface area contributed by atoms with Gasteiger partial charge < -0.3 is 0 Å². The van der Waals surface area contributed by atoms with E-state index in [9.17, 15) is 0 Å². The maximum Gasteiger partial charge on any atom is 0.220 e. The second kappa shape index (κ2) is 36.8. The highest BCUT2D eigenvalue weighted by atomic mass is 28.3. The number of nitrogens with zero attached hydrogens (tertiary/aromatic N) is 5. The summed E-state index contributed by atoms with van der Waals surface area (Å²) in [5.41, 5.74) is 23.3. The van der Waals surface area contributed by atoms with Gasteiger partial charge >= 0.3 is 0 Å². The van der Waals surface area contributed by atoms with E-state index in [2.05, 4.69) is 360 Å². The van der Waals surface area contributed by atoms with Crippen LogP contribution in [-0.4, -0.2) is 37.3 Å². The predicted molar refractivity (Wildman–Crippen MR) is 549 cm³/mol. The van der Waals surface area contributed by atoms with Crippen molar-refractivity contribution in [3.05, 3.63) is 377 Å². The Balaban J connectivity index is 0.000000143. The second-order valence-electron chi connectivity index (χ2n) is 37.0. The highest BCUT2D eigenvalue weighted by Gasteiger charge is 2.33. The average Bonchev–Trinajstić information content (AvgIpc) is 0.745. The molecule has 0 bridgehead atoms. The SMILES string of the molecule is Cc1ccc(-c2cccnc2)cc1-c1c2ccc([Si](C)(C)c3ccccc3)cc2cc(C)[n+]1C.[2H]c1cc2cc([Si](C)(C)c3ccccc3)ccc2c(-c2cc(C([2H])(C)C([2H])([2H])[2H])cc(C)c2C)[n+]1C.[2H]c1cc2cc([Si](C)(C)c3ccccc3)ccc2c(-c2cc(C([2H])(C)C)cc(C)c2C)[n+]1C.[2H]c1cc2cc([Si](C)(C)c3ccccc3)ccc2c(-c2cc(C)cc(C)c2C)[n+]1C. The molecule has 5 aromatic heterocycles. The van der Waals surface area contributed by atoms with E-state index in [4.69, 9.17) is 11.0 Å². The lowest BCUT2D eigenvalue weighted by Gasteiger charge is -2.24. The van der Waals surface area contributed by atoms with Gasteiger partial charge in [0.15, 0.2) is 24.2 Å². The zero-order valence-corrected chi connectivity index (χ0v) is 82.0. The summed E-state index contributed by atoms with van der Waals surface area (Å²) >= 11 is 0. The fraction of sp³-hybridized carbons (Fsp3) is 0.233. The molecular formula is C116H129N5Si4+4. The third kappa shape index (κ3) is 18.4. The Morgan fingerprint density at radius 2 is 0.656 bits per heavy atom. The molecular weight excluding hydrogens is 1580 g/mol. The Labute approximate surface area is 761 Å². The van der Waals surface area contributed by atoms with Crippen molar-refractivity contribution in [2.24, 2.45) is 28.2 Å². The lowest BCUT2D eigenvalue weighted by atomic mass is 9.91. The molecule has 0 spiro atoms. The van der Waals surface area contributed by atoms with Crippen LogP contribution in [0.2, 0.25) is 52.4 Å². The molecule has 5 heterocycles. The topological polar surface area (TPSA) is 28.4 Å². The monoisotopic (exact) mass is 1710 g/mol. The van der Waals surface area contributed by atoms with Crippen LogP contribution in [0.4, 0.5) is 0 Å². The molecule has 0 saturated heterocycles. The molecule has 0 fully saturated rings. The maximum atomic E-state index is 8.73. The molecule has 0 radical (unpaired) electrons. The normalized spacial score (nSPS) is 13.4. The molecule has 0 aliphatic rings. The van der Waals surface area contributed by atoms with Crippen molar-refractivity contribution >= 4 is 117 Å². The number of aromatic nitrogens is 5. The maximum absolute atomic E-state index is 8.73. The molecule has 12 aromatic carbocycles. The van der Waals surface area contributed by atoms with E-state index in [0.717, 1.165) is 77.4 Å². The molecule has 630 valence electrons. The highest BCUT2D eigenvalue weighted by molar-refractivity contribution is 7.02. The molecule has 1 unspecified atom stereocenters. The Morgan fingerprint density at radius 3 is 1.02 bits per heavy atom. The van der Waals surface area contributed by atoms with Gasteiger partial charge in [-0.3, -0.25) is 4.98 Å². The fourth-order valence-electron chi connectivity index (χ4n) is 18.0. The molecule has 125 heavy (non-hydrogen) atoms. The Hall–Kier alpha value is -11.7. The number of pyridine rings is 5. The molecule has 5 nitrogen and oxygen atoms in total. The van der Waals surface area contributed by atoms with Gasteiger partial charge in [-0.1, -0.05) is 333 Å². The summed E-state index contributed by atoms with van der Waals surface area (Å²) < 4.78 is 75.4. The fourth-order valence-corrected chi connectivity index (χ4v) is 27.5. The minimum atomic E-state index is -2.46. The number of aryl methyl sites for hydroxylation is 6. The van der Waals surface area contributed by atoms with Gasteiger partial charge in [0.1, 0.15) is 64.6 Å². The molecule has 9 heteroatoms. The first-order valence-electron chi connectivity index (χ1n) is 47.9. The van der Waals surface area contributed by atoms with E-state index in [0.29, 0.717) is 24.1 Å². The summed E-state index contributed by atoms with van der Waals surface area (Å²) in [5, 5.41) is 20.4. The van der Waals surface area contributed by atoms with Crippen molar-refractivity contribution in [1.82, 2.24) is 4.98 Å². The van der Waals surface area contributed by atoms with Crippen LogP contribution in [0, 0.1) is 62.3 Å². The third-order valence-electron chi connectivity index (χ3n) is 27.0. The molecule has 0 saturated carbocycles. The first kappa shape index (κ1) is 79.2. The molecule has 0 amide bonds. The minimum Gasteiger partial charge on any atom is -0.264 e.